The van der Waals surface area contributed by atoms with Crippen LogP contribution in [0.5, 0.6) is 5.88 Å². The van der Waals surface area contributed by atoms with Crippen molar-refractivity contribution in [2.45, 2.75) is 6.54 Å². The lowest BCUT2D eigenvalue weighted by Crippen LogP contribution is -1.97. The predicted octanol–water partition coefficient (Wildman–Crippen LogP) is 5.67. The van der Waals surface area contributed by atoms with Gasteiger partial charge < -0.3 is 10.8 Å². The van der Waals surface area contributed by atoms with E-state index in [1.165, 1.54) is 0 Å². The minimum Gasteiger partial charge on any atom is -0.493 e. The predicted molar refractivity (Wildman–Crippen MR) is 130 cm³/mol. The first kappa shape index (κ1) is 20.4. The molecule has 0 saturated carbocycles. The quantitative estimate of drug-likeness (QED) is 0.385. The first-order valence-electron chi connectivity index (χ1n) is 10.6. The van der Waals surface area contributed by atoms with Crippen LogP contribution in [0.15, 0.2) is 91.1 Å². The number of fused-ring (bicyclic) bond motifs is 1. The Bertz CT molecular complexity index is 1490. The van der Waals surface area contributed by atoms with E-state index in [1.54, 1.807) is 18.3 Å². The summed E-state index contributed by atoms with van der Waals surface area (Å²) in [5.74, 6) is -0.0721. The van der Waals surface area contributed by atoms with Crippen LogP contribution in [0.2, 0.25) is 0 Å². The van der Waals surface area contributed by atoms with Crippen molar-refractivity contribution in [2.75, 3.05) is 0 Å². The topological polar surface area (TPSA) is 95.8 Å². The van der Waals surface area contributed by atoms with Crippen molar-refractivity contribution in [3.63, 3.8) is 0 Å². The standard InChI is InChI=1S/C28H20N4O/c29-15-18-6-10-21(11-7-18)25-17-31-28(33)24-14-23(20-4-2-1-3-5-20)26(32-27(24)25)22-12-8-19(16-30)9-13-22/h1-14,17H,16,30H2,(H,31,33). The van der Waals surface area contributed by atoms with Gasteiger partial charge in [0.05, 0.1) is 28.2 Å². The van der Waals surface area contributed by atoms with Crippen molar-refractivity contribution < 1.29 is 5.11 Å². The minimum absolute atomic E-state index is 0.0721. The monoisotopic (exact) mass is 428 g/mol. The van der Waals surface area contributed by atoms with E-state index in [9.17, 15) is 5.11 Å². The Morgan fingerprint density at radius 3 is 2.15 bits per heavy atom. The van der Waals surface area contributed by atoms with Crippen LogP contribution in [0, 0.1) is 11.3 Å². The third kappa shape index (κ3) is 3.80. The molecule has 2 aromatic heterocycles. The number of aromatic hydroxyl groups is 1. The third-order valence-corrected chi connectivity index (χ3v) is 5.71. The molecule has 5 rings (SSSR count). The highest BCUT2D eigenvalue weighted by atomic mass is 16.3. The van der Waals surface area contributed by atoms with E-state index >= 15 is 0 Å². The molecule has 5 nitrogen and oxygen atoms in total. The number of pyridine rings is 2. The Hall–Kier alpha value is -4.53. The second-order valence-corrected chi connectivity index (χ2v) is 7.73. The Morgan fingerprint density at radius 2 is 1.48 bits per heavy atom. The molecule has 0 bridgehead atoms. The molecule has 3 N–H and O–H groups in total. The van der Waals surface area contributed by atoms with Crippen LogP contribution < -0.4 is 5.73 Å². The summed E-state index contributed by atoms with van der Waals surface area (Å²) in [6.07, 6.45) is 1.62. The summed E-state index contributed by atoms with van der Waals surface area (Å²) in [6, 6.07) is 29.4. The van der Waals surface area contributed by atoms with Gasteiger partial charge in [0.2, 0.25) is 5.88 Å². The maximum atomic E-state index is 10.6. The van der Waals surface area contributed by atoms with Crippen LogP contribution in [-0.2, 0) is 6.54 Å². The van der Waals surface area contributed by atoms with Crippen LogP contribution in [-0.4, -0.2) is 15.1 Å². The van der Waals surface area contributed by atoms with Crippen molar-refractivity contribution in [2.24, 2.45) is 5.73 Å². The summed E-state index contributed by atoms with van der Waals surface area (Å²) in [4.78, 5) is 9.28. The number of rotatable bonds is 4. The Labute approximate surface area is 191 Å². The lowest BCUT2D eigenvalue weighted by atomic mass is 9.95. The SMILES string of the molecule is N#Cc1ccc(-c2cnc(O)c3cc(-c4ccccc4)c(-c4ccc(CN)cc4)nc23)cc1. The van der Waals surface area contributed by atoms with Gasteiger partial charge in [0.25, 0.3) is 0 Å². The highest BCUT2D eigenvalue weighted by Gasteiger charge is 2.17. The zero-order chi connectivity index (χ0) is 22.8. The van der Waals surface area contributed by atoms with Crippen LogP contribution in [0.3, 0.4) is 0 Å². The van der Waals surface area contributed by atoms with Crippen LogP contribution in [0.25, 0.3) is 44.4 Å². The molecule has 3 aromatic carbocycles. The number of hydrogen-bond donors (Lipinski definition) is 2. The molecule has 0 fully saturated rings. The summed E-state index contributed by atoms with van der Waals surface area (Å²) in [5.41, 5.74) is 13.4. The molecule has 0 spiro atoms. The smallest absolute Gasteiger partial charge is 0.220 e. The zero-order valence-corrected chi connectivity index (χ0v) is 17.7. The molecular weight excluding hydrogens is 408 g/mol. The fraction of sp³-hybridized carbons (Fsp3) is 0.0357. The summed E-state index contributed by atoms with van der Waals surface area (Å²) < 4.78 is 0. The fourth-order valence-corrected chi connectivity index (χ4v) is 3.94. The summed E-state index contributed by atoms with van der Waals surface area (Å²) in [7, 11) is 0. The fourth-order valence-electron chi connectivity index (χ4n) is 3.94. The first-order valence-corrected chi connectivity index (χ1v) is 10.6. The van der Waals surface area contributed by atoms with Crippen LogP contribution >= 0.6 is 0 Å². The van der Waals surface area contributed by atoms with Crippen LogP contribution in [0.1, 0.15) is 11.1 Å². The van der Waals surface area contributed by atoms with E-state index in [-0.39, 0.29) is 5.88 Å². The molecule has 5 aromatic rings. The molecule has 0 amide bonds. The molecule has 2 heterocycles. The molecular formula is C28H20N4O. The van der Waals surface area contributed by atoms with E-state index < -0.39 is 0 Å². The van der Waals surface area contributed by atoms with Gasteiger partial charge in [-0.05, 0) is 34.9 Å². The van der Waals surface area contributed by atoms with Crippen molar-refractivity contribution in [3.05, 3.63) is 102 Å². The molecule has 0 radical (unpaired) electrons. The maximum absolute atomic E-state index is 10.6. The molecule has 0 saturated heterocycles. The summed E-state index contributed by atoms with van der Waals surface area (Å²) in [5, 5.41) is 20.3. The van der Waals surface area contributed by atoms with Gasteiger partial charge in [0, 0.05) is 29.4 Å². The van der Waals surface area contributed by atoms with E-state index in [4.69, 9.17) is 16.0 Å². The van der Waals surface area contributed by atoms with E-state index in [0.717, 1.165) is 39.1 Å². The lowest BCUT2D eigenvalue weighted by molar-refractivity contribution is 0.460. The molecule has 33 heavy (non-hydrogen) atoms. The largest absolute Gasteiger partial charge is 0.493 e. The number of benzene rings is 3. The van der Waals surface area contributed by atoms with E-state index in [0.29, 0.717) is 23.0 Å². The number of nitriles is 1. The van der Waals surface area contributed by atoms with Gasteiger partial charge in [-0.25, -0.2) is 9.97 Å². The second kappa shape index (κ2) is 8.54. The number of aromatic nitrogens is 2. The minimum atomic E-state index is -0.0721. The third-order valence-electron chi connectivity index (χ3n) is 5.71. The van der Waals surface area contributed by atoms with Crippen molar-refractivity contribution >= 4 is 10.9 Å². The van der Waals surface area contributed by atoms with Gasteiger partial charge in [-0.3, -0.25) is 0 Å². The average Bonchev–Trinajstić information content (AvgIpc) is 2.89. The first-order chi connectivity index (χ1) is 16.2. The summed E-state index contributed by atoms with van der Waals surface area (Å²) in [6.45, 7) is 0.472. The maximum Gasteiger partial charge on any atom is 0.220 e. The van der Waals surface area contributed by atoms with Gasteiger partial charge in [-0.2, -0.15) is 5.26 Å². The highest BCUT2D eigenvalue weighted by molar-refractivity contribution is 6.00. The van der Waals surface area contributed by atoms with Gasteiger partial charge in [-0.1, -0.05) is 66.7 Å². The second-order valence-electron chi connectivity index (χ2n) is 7.73. The van der Waals surface area contributed by atoms with Crippen molar-refractivity contribution in [1.82, 2.24) is 9.97 Å². The Kier molecular flexibility index (Phi) is 5.27. The number of hydrogen-bond acceptors (Lipinski definition) is 5. The van der Waals surface area contributed by atoms with Crippen molar-refractivity contribution in [3.8, 4) is 45.5 Å². The number of nitrogens with zero attached hydrogens (tertiary/aromatic N) is 3. The van der Waals surface area contributed by atoms with Crippen molar-refractivity contribution in [1.29, 1.82) is 5.26 Å². The molecule has 0 aliphatic rings. The molecule has 5 heteroatoms. The zero-order valence-electron chi connectivity index (χ0n) is 17.7. The molecule has 0 aliphatic carbocycles. The summed E-state index contributed by atoms with van der Waals surface area (Å²) >= 11 is 0. The Balaban J connectivity index is 1.80. The average molecular weight is 428 g/mol. The highest BCUT2D eigenvalue weighted by Crippen LogP contribution is 2.38. The van der Waals surface area contributed by atoms with Gasteiger partial charge >= 0.3 is 0 Å². The van der Waals surface area contributed by atoms with Gasteiger partial charge in [0.1, 0.15) is 0 Å². The molecule has 0 atom stereocenters. The van der Waals surface area contributed by atoms with Crippen LogP contribution in [0.4, 0.5) is 0 Å². The molecule has 0 aliphatic heterocycles. The lowest BCUT2D eigenvalue weighted by Gasteiger charge is -2.14. The normalized spacial score (nSPS) is 10.8. The van der Waals surface area contributed by atoms with Gasteiger partial charge in [0.15, 0.2) is 0 Å². The Morgan fingerprint density at radius 1 is 0.818 bits per heavy atom. The molecule has 0 unspecified atom stereocenters. The van der Waals surface area contributed by atoms with Gasteiger partial charge in [-0.15, -0.1) is 0 Å². The van der Waals surface area contributed by atoms with E-state index in [1.807, 2.05) is 72.8 Å². The number of nitrogens with two attached hydrogens (primary N) is 1. The molecule has 158 valence electrons. The van der Waals surface area contributed by atoms with E-state index in [2.05, 4.69) is 11.1 Å².